The molecule has 56 valence electrons. The van der Waals surface area contributed by atoms with Gasteiger partial charge in [0.05, 0.1) is 4.88 Å². The first-order chi connectivity index (χ1) is 4.61. The number of hydrogen-bond acceptors (Lipinski definition) is 2. The molecule has 0 aliphatic rings. The van der Waals surface area contributed by atoms with Crippen molar-refractivity contribution in [3.8, 4) is 0 Å². The number of aromatic nitrogens is 1. The van der Waals surface area contributed by atoms with Gasteiger partial charge in [-0.15, -0.1) is 0 Å². The Bertz CT molecular complexity index is 228. The van der Waals surface area contributed by atoms with Gasteiger partial charge in [-0.2, -0.15) is 0 Å². The third-order valence-corrected chi connectivity index (χ3v) is 2.68. The Morgan fingerprint density at radius 1 is 1.50 bits per heavy atom. The first-order valence-corrected chi connectivity index (χ1v) is 4.21. The lowest BCUT2D eigenvalue weighted by Gasteiger charge is -1.95. The van der Waals surface area contributed by atoms with Crippen molar-refractivity contribution in [1.82, 2.24) is 0 Å². The van der Waals surface area contributed by atoms with E-state index in [0.29, 0.717) is 5.92 Å². The van der Waals surface area contributed by atoms with E-state index in [-0.39, 0.29) is 0 Å². The fourth-order valence-electron chi connectivity index (χ4n) is 0.926. The SMILES string of the molecule is Cc1[nH+]c(N)c(C(C)C)s1. The van der Waals surface area contributed by atoms with Gasteiger partial charge in [0, 0.05) is 6.92 Å². The van der Waals surface area contributed by atoms with E-state index < -0.39 is 0 Å². The minimum atomic E-state index is 0.537. The molecule has 2 nitrogen and oxygen atoms in total. The van der Waals surface area contributed by atoms with Crippen molar-refractivity contribution >= 4 is 17.2 Å². The number of aryl methyl sites for hydroxylation is 1. The van der Waals surface area contributed by atoms with Gasteiger partial charge in [-0.1, -0.05) is 25.2 Å². The predicted molar refractivity (Wildman–Crippen MR) is 44.1 cm³/mol. The van der Waals surface area contributed by atoms with Crippen molar-refractivity contribution < 1.29 is 4.98 Å². The van der Waals surface area contributed by atoms with Crippen LogP contribution < -0.4 is 10.7 Å². The summed E-state index contributed by atoms with van der Waals surface area (Å²) in [4.78, 5) is 4.35. The second-order valence-corrected chi connectivity index (χ2v) is 3.97. The highest BCUT2D eigenvalue weighted by Crippen LogP contribution is 2.24. The van der Waals surface area contributed by atoms with Crippen LogP contribution in [0.3, 0.4) is 0 Å². The maximum absolute atomic E-state index is 5.70. The van der Waals surface area contributed by atoms with Gasteiger partial charge < -0.3 is 0 Å². The Kier molecular flexibility index (Phi) is 1.94. The fraction of sp³-hybridized carbons (Fsp3) is 0.571. The van der Waals surface area contributed by atoms with Crippen LogP contribution in [-0.4, -0.2) is 0 Å². The first kappa shape index (κ1) is 7.54. The molecule has 1 rings (SSSR count). The normalized spacial score (nSPS) is 10.8. The fourth-order valence-corrected chi connectivity index (χ4v) is 1.81. The lowest BCUT2D eigenvalue weighted by atomic mass is 10.2. The van der Waals surface area contributed by atoms with Gasteiger partial charge >= 0.3 is 0 Å². The van der Waals surface area contributed by atoms with E-state index >= 15 is 0 Å². The summed E-state index contributed by atoms with van der Waals surface area (Å²) < 4.78 is 0. The number of rotatable bonds is 1. The van der Waals surface area contributed by atoms with E-state index in [1.165, 1.54) is 9.88 Å². The molecule has 1 aromatic rings. The average Bonchev–Trinajstić information content (AvgIpc) is 2.10. The molecule has 0 saturated heterocycles. The number of nitrogens with two attached hydrogens (primary N) is 1. The summed E-state index contributed by atoms with van der Waals surface area (Å²) in [5.74, 6) is 1.37. The molecular formula is C7H13N2S+. The van der Waals surface area contributed by atoms with Gasteiger partial charge in [0.1, 0.15) is 0 Å². The zero-order valence-electron chi connectivity index (χ0n) is 6.56. The molecule has 10 heavy (non-hydrogen) atoms. The lowest BCUT2D eigenvalue weighted by Crippen LogP contribution is -2.08. The summed E-state index contributed by atoms with van der Waals surface area (Å²) in [6.07, 6.45) is 0. The molecule has 0 amide bonds. The van der Waals surface area contributed by atoms with Crippen LogP contribution in [0.4, 0.5) is 5.82 Å². The van der Waals surface area contributed by atoms with Gasteiger partial charge in [0.15, 0.2) is 5.01 Å². The number of aromatic amines is 1. The molecule has 0 fully saturated rings. The third kappa shape index (κ3) is 1.29. The summed E-state index contributed by atoms with van der Waals surface area (Å²) in [5.41, 5.74) is 5.70. The average molecular weight is 157 g/mol. The Morgan fingerprint density at radius 2 is 2.10 bits per heavy atom. The molecule has 1 heterocycles. The minimum Gasteiger partial charge on any atom is -0.286 e. The van der Waals surface area contributed by atoms with Crippen LogP contribution in [0.2, 0.25) is 0 Å². The monoisotopic (exact) mass is 157 g/mol. The van der Waals surface area contributed by atoms with E-state index in [0.717, 1.165) is 5.82 Å². The van der Waals surface area contributed by atoms with E-state index in [2.05, 4.69) is 18.8 Å². The van der Waals surface area contributed by atoms with Crippen molar-refractivity contribution in [3.05, 3.63) is 9.88 Å². The van der Waals surface area contributed by atoms with E-state index in [9.17, 15) is 0 Å². The Hall–Kier alpha value is -0.570. The summed E-state index contributed by atoms with van der Waals surface area (Å²) in [7, 11) is 0. The minimum absolute atomic E-state index is 0.537. The summed E-state index contributed by atoms with van der Waals surface area (Å²) in [6, 6.07) is 0. The molecule has 3 N–H and O–H groups in total. The van der Waals surface area contributed by atoms with Gasteiger partial charge in [-0.3, -0.25) is 5.73 Å². The maximum atomic E-state index is 5.70. The second kappa shape index (κ2) is 2.58. The Balaban J connectivity index is 3.03. The Morgan fingerprint density at radius 3 is 2.30 bits per heavy atom. The maximum Gasteiger partial charge on any atom is 0.284 e. The van der Waals surface area contributed by atoms with Crippen LogP contribution in [0.1, 0.15) is 29.7 Å². The number of thiazole rings is 1. The molecule has 0 aliphatic carbocycles. The lowest BCUT2D eigenvalue weighted by molar-refractivity contribution is -0.362. The van der Waals surface area contributed by atoms with Crippen LogP contribution in [0.5, 0.6) is 0 Å². The van der Waals surface area contributed by atoms with Gasteiger partial charge in [-0.05, 0) is 5.92 Å². The quantitative estimate of drug-likeness (QED) is 0.660. The van der Waals surface area contributed by atoms with Gasteiger partial charge in [-0.25, -0.2) is 4.98 Å². The van der Waals surface area contributed by atoms with Gasteiger partial charge in [0.2, 0.25) is 0 Å². The molecule has 0 radical (unpaired) electrons. The number of anilines is 1. The number of hydrogen-bond donors (Lipinski definition) is 1. The zero-order chi connectivity index (χ0) is 7.72. The molecule has 0 saturated carbocycles. The number of nitrogens with one attached hydrogen (secondary N) is 1. The summed E-state index contributed by atoms with van der Waals surface area (Å²) >= 11 is 1.74. The van der Waals surface area contributed by atoms with E-state index in [1.54, 1.807) is 11.3 Å². The zero-order valence-corrected chi connectivity index (χ0v) is 7.38. The van der Waals surface area contributed by atoms with Crippen molar-refractivity contribution in [3.63, 3.8) is 0 Å². The first-order valence-electron chi connectivity index (χ1n) is 3.39. The van der Waals surface area contributed by atoms with Crippen molar-refractivity contribution in [2.75, 3.05) is 5.73 Å². The molecule has 0 bridgehead atoms. The Labute approximate surface area is 65.1 Å². The van der Waals surface area contributed by atoms with Crippen LogP contribution >= 0.6 is 11.3 Å². The molecule has 0 spiro atoms. The van der Waals surface area contributed by atoms with Crippen LogP contribution in [0.15, 0.2) is 0 Å². The third-order valence-electron chi connectivity index (χ3n) is 1.36. The molecule has 0 aromatic carbocycles. The molecule has 0 unspecified atom stereocenters. The highest BCUT2D eigenvalue weighted by atomic mass is 32.1. The van der Waals surface area contributed by atoms with Crippen molar-refractivity contribution in [2.24, 2.45) is 0 Å². The molecule has 0 aliphatic heterocycles. The van der Waals surface area contributed by atoms with Crippen molar-refractivity contribution in [2.45, 2.75) is 26.7 Å². The van der Waals surface area contributed by atoms with E-state index in [4.69, 9.17) is 5.73 Å². The summed E-state index contributed by atoms with van der Waals surface area (Å²) in [5, 5.41) is 1.18. The topological polar surface area (TPSA) is 40.2 Å². The number of H-pyrrole nitrogens is 1. The molecule has 0 atom stereocenters. The molecular weight excluding hydrogens is 144 g/mol. The van der Waals surface area contributed by atoms with Crippen LogP contribution in [0, 0.1) is 6.92 Å². The smallest absolute Gasteiger partial charge is 0.284 e. The van der Waals surface area contributed by atoms with Gasteiger partial charge in [0.25, 0.3) is 5.82 Å². The standard InChI is InChI=1S/C7H12N2S/c1-4(2)6-7(8)9-5(3)10-6/h4H,8H2,1-3H3/p+1. The molecule has 1 aromatic heterocycles. The largest absolute Gasteiger partial charge is 0.286 e. The van der Waals surface area contributed by atoms with E-state index in [1.807, 2.05) is 6.92 Å². The summed E-state index contributed by atoms with van der Waals surface area (Å²) in [6.45, 7) is 6.33. The number of nitrogen functional groups attached to an aromatic ring is 1. The highest BCUT2D eigenvalue weighted by Gasteiger charge is 2.13. The van der Waals surface area contributed by atoms with Crippen LogP contribution in [-0.2, 0) is 0 Å². The highest BCUT2D eigenvalue weighted by molar-refractivity contribution is 7.11. The predicted octanol–water partition coefficient (Wildman–Crippen LogP) is 1.58. The van der Waals surface area contributed by atoms with Crippen LogP contribution in [0.25, 0.3) is 0 Å². The second-order valence-electron chi connectivity index (χ2n) is 2.72. The van der Waals surface area contributed by atoms with Crippen molar-refractivity contribution in [1.29, 1.82) is 0 Å². The molecule has 3 heteroatoms.